The molecule has 0 radical (unpaired) electrons. The smallest absolute Gasteiger partial charge is 0.231 e. The van der Waals surface area contributed by atoms with Gasteiger partial charge < -0.3 is 16.7 Å². The highest BCUT2D eigenvalue weighted by atomic mass is 16.4. The second kappa shape index (κ2) is 3.23. The lowest BCUT2D eigenvalue weighted by Crippen LogP contribution is -2.45. The maximum Gasteiger partial charge on any atom is 0.231 e. The van der Waals surface area contributed by atoms with Crippen molar-refractivity contribution in [1.29, 1.82) is 0 Å². The number of nitrogens with zero attached hydrogens (tertiary/aromatic N) is 1. The minimum Gasteiger partial charge on any atom is -0.409 e. The maximum atomic E-state index is 10.8. The standard InChI is InChI=1S/C6H13N3O2/c1-3-6(2,5(8)10)4(7)9-11/h11H,3H2,1-2H3,(H2,7,9)(H2,8,10). The third-order valence-electron chi connectivity index (χ3n) is 1.92. The summed E-state index contributed by atoms with van der Waals surface area (Å²) in [5, 5.41) is 11.1. The van der Waals surface area contributed by atoms with Crippen LogP contribution in [0.25, 0.3) is 0 Å². The molecular weight excluding hydrogens is 146 g/mol. The van der Waals surface area contributed by atoms with Gasteiger partial charge in [-0.25, -0.2) is 0 Å². The third kappa shape index (κ3) is 1.60. The van der Waals surface area contributed by atoms with Gasteiger partial charge in [0.05, 0.1) is 0 Å². The van der Waals surface area contributed by atoms with E-state index in [1.807, 2.05) is 0 Å². The Bertz CT molecular complexity index is 190. The van der Waals surface area contributed by atoms with E-state index in [0.29, 0.717) is 6.42 Å². The summed E-state index contributed by atoms with van der Waals surface area (Å²) in [5.41, 5.74) is 9.28. The molecule has 1 unspecified atom stereocenters. The molecule has 1 atom stereocenters. The SMILES string of the molecule is CCC(C)(C(N)=O)C(N)=NO. The zero-order valence-electron chi connectivity index (χ0n) is 6.66. The number of primary amides is 1. The van der Waals surface area contributed by atoms with E-state index in [1.165, 1.54) is 6.92 Å². The van der Waals surface area contributed by atoms with Crippen molar-refractivity contribution in [2.24, 2.45) is 22.0 Å². The predicted octanol–water partition coefficient (Wildman–Crippen LogP) is -0.366. The van der Waals surface area contributed by atoms with Crippen molar-refractivity contribution in [3.63, 3.8) is 0 Å². The highest BCUT2D eigenvalue weighted by molar-refractivity contribution is 6.05. The Hall–Kier alpha value is -1.26. The summed E-state index contributed by atoms with van der Waals surface area (Å²) in [6.45, 7) is 3.27. The van der Waals surface area contributed by atoms with Crippen LogP contribution in [0.15, 0.2) is 5.16 Å². The molecule has 64 valence electrons. The van der Waals surface area contributed by atoms with Crippen molar-refractivity contribution in [3.8, 4) is 0 Å². The van der Waals surface area contributed by atoms with Crippen LogP contribution in [-0.4, -0.2) is 17.0 Å². The monoisotopic (exact) mass is 159 g/mol. The van der Waals surface area contributed by atoms with Crippen molar-refractivity contribution in [1.82, 2.24) is 0 Å². The molecule has 0 aliphatic heterocycles. The molecule has 0 saturated heterocycles. The molecule has 0 aromatic carbocycles. The molecule has 0 fully saturated rings. The Morgan fingerprint density at radius 2 is 2.09 bits per heavy atom. The number of rotatable bonds is 3. The summed E-state index contributed by atoms with van der Waals surface area (Å²) in [4.78, 5) is 10.8. The molecular formula is C6H13N3O2. The van der Waals surface area contributed by atoms with Gasteiger partial charge in [0.2, 0.25) is 5.91 Å². The van der Waals surface area contributed by atoms with Gasteiger partial charge in [-0.15, -0.1) is 0 Å². The van der Waals surface area contributed by atoms with Gasteiger partial charge in [-0.3, -0.25) is 4.79 Å². The summed E-state index contributed by atoms with van der Waals surface area (Å²) < 4.78 is 0. The second-order valence-corrected chi connectivity index (χ2v) is 2.54. The van der Waals surface area contributed by atoms with Crippen LogP contribution in [0.1, 0.15) is 20.3 Å². The number of oxime groups is 1. The molecule has 11 heavy (non-hydrogen) atoms. The van der Waals surface area contributed by atoms with Crippen LogP contribution in [0.4, 0.5) is 0 Å². The van der Waals surface area contributed by atoms with Gasteiger partial charge in [0.1, 0.15) is 5.41 Å². The molecule has 5 N–H and O–H groups in total. The first-order valence-electron chi connectivity index (χ1n) is 3.27. The largest absolute Gasteiger partial charge is 0.409 e. The average Bonchev–Trinajstić information content (AvgIpc) is 2.01. The van der Waals surface area contributed by atoms with E-state index in [4.69, 9.17) is 16.7 Å². The quantitative estimate of drug-likeness (QED) is 0.227. The highest BCUT2D eigenvalue weighted by Crippen LogP contribution is 2.19. The van der Waals surface area contributed by atoms with E-state index in [-0.39, 0.29) is 5.84 Å². The number of carbonyl (C=O) groups excluding carboxylic acids is 1. The topological polar surface area (TPSA) is 102 Å². The number of hydrogen-bond donors (Lipinski definition) is 3. The Balaban J connectivity index is 4.75. The van der Waals surface area contributed by atoms with Crippen molar-refractivity contribution in [2.45, 2.75) is 20.3 Å². The molecule has 0 spiro atoms. The Morgan fingerprint density at radius 1 is 1.64 bits per heavy atom. The highest BCUT2D eigenvalue weighted by Gasteiger charge is 2.34. The Morgan fingerprint density at radius 3 is 2.18 bits per heavy atom. The molecule has 0 aromatic rings. The summed E-state index contributed by atoms with van der Waals surface area (Å²) >= 11 is 0. The average molecular weight is 159 g/mol. The number of carbonyl (C=O) groups is 1. The van der Waals surface area contributed by atoms with Gasteiger partial charge in [0.25, 0.3) is 0 Å². The minimum absolute atomic E-state index is 0.146. The van der Waals surface area contributed by atoms with E-state index in [2.05, 4.69) is 5.16 Å². The molecule has 0 aromatic heterocycles. The van der Waals surface area contributed by atoms with Crippen LogP contribution in [0.2, 0.25) is 0 Å². The van der Waals surface area contributed by atoms with Crippen molar-refractivity contribution >= 4 is 11.7 Å². The first-order valence-corrected chi connectivity index (χ1v) is 3.27. The first kappa shape index (κ1) is 9.74. The summed E-state index contributed by atoms with van der Waals surface area (Å²) in [6, 6.07) is 0. The zero-order chi connectivity index (χ0) is 9.07. The molecule has 5 nitrogen and oxygen atoms in total. The van der Waals surface area contributed by atoms with Gasteiger partial charge in [-0.2, -0.15) is 0 Å². The number of nitrogens with two attached hydrogens (primary N) is 2. The second-order valence-electron chi connectivity index (χ2n) is 2.54. The van der Waals surface area contributed by atoms with Crippen LogP contribution in [0, 0.1) is 5.41 Å². The lowest BCUT2D eigenvalue weighted by atomic mass is 9.86. The van der Waals surface area contributed by atoms with Gasteiger partial charge in [0, 0.05) is 0 Å². The minimum atomic E-state index is -1.03. The molecule has 0 aliphatic rings. The van der Waals surface area contributed by atoms with Crippen molar-refractivity contribution in [3.05, 3.63) is 0 Å². The van der Waals surface area contributed by atoms with Crippen LogP contribution >= 0.6 is 0 Å². The van der Waals surface area contributed by atoms with Gasteiger partial charge >= 0.3 is 0 Å². The fourth-order valence-corrected chi connectivity index (χ4v) is 0.592. The summed E-state index contributed by atoms with van der Waals surface area (Å²) in [6.07, 6.45) is 0.415. The van der Waals surface area contributed by atoms with Crippen LogP contribution in [-0.2, 0) is 4.79 Å². The lowest BCUT2D eigenvalue weighted by molar-refractivity contribution is -0.123. The van der Waals surface area contributed by atoms with Gasteiger partial charge in [-0.1, -0.05) is 12.1 Å². The third-order valence-corrected chi connectivity index (χ3v) is 1.92. The Kier molecular flexibility index (Phi) is 2.86. The van der Waals surface area contributed by atoms with E-state index < -0.39 is 11.3 Å². The van der Waals surface area contributed by atoms with E-state index >= 15 is 0 Å². The van der Waals surface area contributed by atoms with Crippen molar-refractivity contribution < 1.29 is 10.0 Å². The predicted molar refractivity (Wildman–Crippen MR) is 41.0 cm³/mol. The number of hydrogen-bond acceptors (Lipinski definition) is 3. The molecule has 0 rings (SSSR count). The van der Waals surface area contributed by atoms with Crippen LogP contribution < -0.4 is 11.5 Å². The fourth-order valence-electron chi connectivity index (χ4n) is 0.592. The van der Waals surface area contributed by atoms with Gasteiger partial charge in [0.15, 0.2) is 5.84 Å². The van der Waals surface area contributed by atoms with Crippen LogP contribution in [0.5, 0.6) is 0 Å². The van der Waals surface area contributed by atoms with Crippen LogP contribution in [0.3, 0.4) is 0 Å². The van der Waals surface area contributed by atoms with E-state index in [9.17, 15) is 4.79 Å². The van der Waals surface area contributed by atoms with Gasteiger partial charge in [-0.05, 0) is 13.3 Å². The molecule has 0 saturated carbocycles. The first-order chi connectivity index (χ1) is 4.99. The molecule has 1 amide bonds. The van der Waals surface area contributed by atoms with E-state index in [0.717, 1.165) is 0 Å². The van der Waals surface area contributed by atoms with Crippen molar-refractivity contribution in [2.75, 3.05) is 0 Å². The fraction of sp³-hybridized carbons (Fsp3) is 0.667. The molecule has 0 bridgehead atoms. The number of amidine groups is 1. The maximum absolute atomic E-state index is 10.8. The van der Waals surface area contributed by atoms with E-state index in [1.54, 1.807) is 6.92 Å². The number of amides is 1. The molecule has 0 aliphatic carbocycles. The molecule has 5 heteroatoms. The zero-order valence-corrected chi connectivity index (χ0v) is 6.66. The molecule has 0 heterocycles. The normalized spacial score (nSPS) is 17.5. The Labute approximate surface area is 65.0 Å². The summed E-state index contributed by atoms with van der Waals surface area (Å²) in [5.74, 6) is -0.734. The summed E-state index contributed by atoms with van der Waals surface area (Å²) in [7, 11) is 0. The lowest BCUT2D eigenvalue weighted by Gasteiger charge is -2.21.